The summed E-state index contributed by atoms with van der Waals surface area (Å²) in [4.78, 5) is 31.1. The third-order valence-corrected chi connectivity index (χ3v) is 6.17. The second kappa shape index (κ2) is 10.1. The molecule has 2 amide bonds. The minimum Gasteiger partial charge on any atom is -0.340 e. The van der Waals surface area contributed by atoms with Crippen LogP contribution in [0.3, 0.4) is 0 Å². The number of carbonyl (C=O) groups is 2. The van der Waals surface area contributed by atoms with Crippen LogP contribution in [-0.2, 0) is 16.6 Å². The van der Waals surface area contributed by atoms with E-state index in [9.17, 15) is 9.59 Å². The Hall–Kier alpha value is -2.99. The number of hydrogen-bond donors (Lipinski definition) is 2. The molecule has 0 radical (unpaired) electrons. The maximum Gasteiger partial charge on any atom is 0.251 e. The first-order valence-electron chi connectivity index (χ1n) is 10.8. The molecule has 2 aromatic carbocycles. The minimum atomic E-state index is -0.661. The number of rotatable bonds is 7. The standard InChI is InChI=1S/C26H31N3O2S/c1-17(2)22(28-23(30)19-11-13-20(14-12-19)26(3,4)5)24(31)29-25-27-16-21(32-25)15-18-9-7-6-8-10-18/h6-14,16-17,22H,15H2,1-5H3,(H,28,30)(H,27,29,31). The predicted octanol–water partition coefficient (Wildman–Crippen LogP) is 5.42. The fourth-order valence-corrected chi connectivity index (χ4v) is 4.16. The summed E-state index contributed by atoms with van der Waals surface area (Å²) >= 11 is 1.45. The van der Waals surface area contributed by atoms with Gasteiger partial charge in [-0.05, 0) is 34.6 Å². The first-order chi connectivity index (χ1) is 15.1. The van der Waals surface area contributed by atoms with Crippen molar-refractivity contribution >= 4 is 28.3 Å². The lowest BCUT2D eigenvalue weighted by molar-refractivity contribution is -0.118. The van der Waals surface area contributed by atoms with Gasteiger partial charge >= 0.3 is 0 Å². The molecule has 0 bridgehead atoms. The zero-order valence-corrected chi connectivity index (χ0v) is 20.1. The molecule has 1 aromatic heterocycles. The van der Waals surface area contributed by atoms with Gasteiger partial charge in [-0.25, -0.2) is 4.98 Å². The van der Waals surface area contributed by atoms with Crippen LogP contribution in [0, 0.1) is 5.92 Å². The molecular weight excluding hydrogens is 418 g/mol. The van der Waals surface area contributed by atoms with Crippen molar-refractivity contribution in [2.45, 2.75) is 52.5 Å². The van der Waals surface area contributed by atoms with Crippen molar-refractivity contribution in [2.75, 3.05) is 5.32 Å². The molecule has 0 saturated carbocycles. The van der Waals surface area contributed by atoms with Crippen LogP contribution < -0.4 is 10.6 Å². The molecule has 2 N–H and O–H groups in total. The summed E-state index contributed by atoms with van der Waals surface area (Å²) in [6.45, 7) is 10.2. The van der Waals surface area contributed by atoms with E-state index in [1.54, 1.807) is 6.20 Å². The van der Waals surface area contributed by atoms with Gasteiger partial charge in [0.15, 0.2) is 5.13 Å². The molecule has 3 rings (SSSR count). The van der Waals surface area contributed by atoms with Crippen molar-refractivity contribution in [3.05, 3.63) is 82.4 Å². The normalized spacial score (nSPS) is 12.4. The number of anilines is 1. The molecule has 0 fully saturated rings. The highest BCUT2D eigenvalue weighted by Gasteiger charge is 2.26. The van der Waals surface area contributed by atoms with E-state index < -0.39 is 6.04 Å². The summed E-state index contributed by atoms with van der Waals surface area (Å²) in [5, 5.41) is 6.29. The molecule has 1 atom stereocenters. The SMILES string of the molecule is CC(C)C(NC(=O)c1ccc(C(C)(C)C)cc1)C(=O)Nc1ncc(Cc2ccccc2)s1. The number of thiazole rings is 1. The van der Waals surface area contributed by atoms with Gasteiger partial charge in [-0.2, -0.15) is 0 Å². The third kappa shape index (κ3) is 6.26. The molecule has 32 heavy (non-hydrogen) atoms. The summed E-state index contributed by atoms with van der Waals surface area (Å²) in [6, 6.07) is 17.0. The number of nitrogens with zero attached hydrogens (tertiary/aromatic N) is 1. The highest BCUT2D eigenvalue weighted by Crippen LogP contribution is 2.23. The average Bonchev–Trinajstić information content (AvgIpc) is 3.18. The molecule has 1 heterocycles. The topological polar surface area (TPSA) is 71.1 Å². The monoisotopic (exact) mass is 449 g/mol. The second-order valence-electron chi connectivity index (χ2n) is 9.31. The van der Waals surface area contributed by atoms with Gasteiger partial charge in [-0.15, -0.1) is 11.3 Å². The van der Waals surface area contributed by atoms with E-state index in [-0.39, 0.29) is 23.1 Å². The molecule has 168 valence electrons. The predicted molar refractivity (Wildman–Crippen MR) is 131 cm³/mol. The van der Waals surface area contributed by atoms with Crippen molar-refractivity contribution in [3.63, 3.8) is 0 Å². The van der Waals surface area contributed by atoms with Gasteiger partial charge in [0.2, 0.25) is 5.91 Å². The number of amides is 2. The molecule has 6 heteroatoms. The Balaban J connectivity index is 1.64. The zero-order chi connectivity index (χ0) is 23.3. The van der Waals surface area contributed by atoms with Crippen LogP contribution >= 0.6 is 11.3 Å². The van der Waals surface area contributed by atoms with Gasteiger partial charge in [0, 0.05) is 23.1 Å². The lowest BCUT2D eigenvalue weighted by atomic mass is 9.86. The molecular formula is C26H31N3O2S. The zero-order valence-electron chi connectivity index (χ0n) is 19.3. The van der Waals surface area contributed by atoms with Gasteiger partial charge in [-0.1, -0.05) is 77.1 Å². The highest BCUT2D eigenvalue weighted by molar-refractivity contribution is 7.15. The molecule has 0 spiro atoms. The van der Waals surface area contributed by atoms with Crippen molar-refractivity contribution in [1.29, 1.82) is 0 Å². The molecule has 1 unspecified atom stereocenters. The number of nitrogens with one attached hydrogen (secondary N) is 2. The average molecular weight is 450 g/mol. The fourth-order valence-electron chi connectivity index (χ4n) is 3.31. The van der Waals surface area contributed by atoms with E-state index in [0.717, 1.165) is 16.9 Å². The van der Waals surface area contributed by atoms with Crippen molar-refractivity contribution in [3.8, 4) is 0 Å². The maximum atomic E-state index is 12.9. The van der Waals surface area contributed by atoms with Gasteiger partial charge in [-0.3, -0.25) is 9.59 Å². The third-order valence-electron chi connectivity index (χ3n) is 5.25. The summed E-state index contributed by atoms with van der Waals surface area (Å²) < 4.78 is 0. The van der Waals surface area contributed by atoms with Crippen molar-refractivity contribution in [1.82, 2.24) is 10.3 Å². The van der Waals surface area contributed by atoms with Crippen LogP contribution in [0.15, 0.2) is 60.8 Å². The lowest BCUT2D eigenvalue weighted by Gasteiger charge is -2.22. The molecule has 0 aliphatic heterocycles. The summed E-state index contributed by atoms with van der Waals surface area (Å²) in [5.41, 5.74) is 2.90. The van der Waals surface area contributed by atoms with Gasteiger partial charge < -0.3 is 10.6 Å². The molecule has 0 aliphatic carbocycles. The smallest absolute Gasteiger partial charge is 0.251 e. The first-order valence-corrected chi connectivity index (χ1v) is 11.7. The Morgan fingerprint density at radius 2 is 1.66 bits per heavy atom. The number of aromatic nitrogens is 1. The van der Waals surface area contributed by atoms with Gasteiger partial charge in [0.05, 0.1) is 0 Å². The molecule has 3 aromatic rings. The van der Waals surface area contributed by atoms with Crippen LogP contribution in [0.25, 0.3) is 0 Å². The fraction of sp³-hybridized carbons (Fsp3) is 0.346. The van der Waals surface area contributed by atoms with Crippen LogP contribution in [0.4, 0.5) is 5.13 Å². The van der Waals surface area contributed by atoms with Gasteiger partial charge in [0.1, 0.15) is 6.04 Å². The van der Waals surface area contributed by atoms with Gasteiger partial charge in [0.25, 0.3) is 5.91 Å². The Labute approximate surface area is 194 Å². The first kappa shape index (κ1) is 23.7. The van der Waals surface area contributed by atoms with E-state index in [0.29, 0.717) is 10.7 Å². The second-order valence-corrected chi connectivity index (χ2v) is 10.4. The quantitative estimate of drug-likeness (QED) is 0.506. The number of carbonyl (C=O) groups excluding carboxylic acids is 2. The Bertz CT molecular complexity index is 1050. The lowest BCUT2D eigenvalue weighted by Crippen LogP contribution is -2.47. The van der Waals surface area contributed by atoms with Crippen LogP contribution in [0.1, 0.15) is 61.0 Å². The number of hydrogen-bond acceptors (Lipinski definition) is 4. The summed E-state index contributed by atoms with van der Waals surface area (Å²) in [7, 11) is 0. The van der Waals surface area contributed by atoms with E-state index >= 15 is 0 Å². The highest BCUT2D eigenvalue weighted by atomic mass is 32.1. The molecule has 5 nitrogen and oxygen atoms in total. The van der Waals surface area contributed by atoms with Crippen molar-refractivity contribution in [2.24, 2.45) is 5.92 Å². The number of benzene rings is 2. The minimum absolute atomic E-state index is 0.0163. The Kier molecular flexibility index (Phi) is 7.46. The summed E-state index contributed by atoms with van der Waals surface area (Å²) in [6.07, 6.45) is 2.55. The summed E-state index contributed by atoms with van der Waals surface area (Å²) in [5.74, 6) is -0.597. The van der Waals surface area contributed by atoms with E-state index in [1.807, 2.05) is 56.3 Å². The van der Waals surface area contributed by atoms with Crippen LogP contribution in [-0.4, -0.2) is 22.8 Å². The van der Waals surface area contributed by atoms with E-state index in [4.69, 9.17) is 0 Å². The molecule has 0 aliphatic rings. The maximum absolute atomic E-state index is 12.9. The van der Waals surface area contributed by atoms with E-state index in [1.165, 1.54) is 16.9 Å². The Morgan fingerprint density at radius 3 is 2.25 bits per heavy atom. The Morgan fingerprint density at radius 1 is 1.00 bits per heavy atom. The van der Waals surface area contributed by atoms with Crippen LogP contribution in [0.5, 0.6) is 0 Å². The largest absolute Gasteiger partial charge is 0.340 e. The van der Waals surface area contributed by atoms with Crippen LogP contribution in [0.2, 0.25) is 0 Å². The van der Waals surface area contributed by atoms with E-state index in [2.05, 4.69) is 48.5 Å². The van der Waals surface area contributed by atoms with Crippen molar-refractivity contribution < 1.29 is 9.59 Å². The molecule has 0 saturated heterocycles.